The van der Waals surface area contributed by atoms with Crippen LogP contribution in [0.4, 0.5) is 4.79 Å². The highest BCUT2D eigenvalue weighted by molar-refractivity contribution is 5.94. The van der Waals surface area contributed by atoms with Crippen molar-refractivity contribution in [2.75, 3.05) is 0 Å². The highest BCUT2D eigenvalue weighted by Gasteiger charge is 2.29. The van der Waals surface area contributed by atoms with Gasteiger partial charge in [-0.2, -0.15) is 0 Å². The average molecular weight is 437 g/mol. The van der Waals surface area contributed by atoms with Gasteiger partial charge in [0.1, 0.15) is 5.75 Å². The Morgan fingerprint density at radius 3 is 2.53 bits per heavy atom. The van der Waals surface area contributed by atoms with Crippen molar-refractivity contribution in [3.05, 3.63) is 64.4 Å². The van der Waals surface area contributed by atoms with Gasteiger partial charge in [0.15, 0.2) is 5.78 Å². The fourth-order valence-corrected chi connectivity index (χ4v) is 4.47. The molecule has 3 unspecified atom stereocenters. The van der Waals surface area contributed by atoms with Crippen LogP contribution in [0.25, 0.3) is 0 Å². The predicted octanol–water partition coefficient (Wildman–Crippen LogP) is 5.34. The molecule has 1 saturated carbocycles. The first-order valence-electron chi connectivity index (χ1n) is 11.1. The van der Waals surface area contributed by atoms with Crippen molar-refractivity contribution in [3.63, 3.8) is 0 Å². The zero-order chi connectivity index (χ0) is 23.4. The Kier molecular flexibility index (Phi) is 7.46. The number of allylic oxidation sites excluding steroid dienone is 1. The molecule has 0 saturated heterocycles. The van der Waals surface area contributed by atoms with Gasteiger partial charge >= 0.3 is 6.16 Å². The van der Waals surface area contributed by atoms with Crippen LogP contribution in [0, 0.1) is 25.7 Å². The summed E-state index contributed by atoms with van der Waals surface area (Å²) in [5.74, 6) is 1.38. The Morgan fingerprint density at radius 2 is 1.88 bits per heavy atom. The molecule has 0 aliphatic heterocycles. The van der Waals surface area contributed by atoms with E-state index in [9.17, 15) is 9.59 Å². The van der Waals surface area contributed by atoms with Gasteiger partial charge in [0, 0.05) is 23.4 Å². The number of carbonyl (C=O) groups is 2. The third kappa shape index (κ3) is 5.62. The van der Waals surface area contributed by atoms with Gasteiger partial charge in [-0.05, 0) is 88.1 Å². The van der Waals surface area contributed by atoms with Crippen LogP contribution in [0.3, 0.4) is 0 Å². The number of hydrogen-bond donors (Lipinski definition) is 1. The van der Waals surface area contributed by atoms with Gasteiger partial charge in [-0.3, -0.25) is 4.79 Å². The van der Waals surface area contributed by atoms with Crippen LogP contribution in [0.15, 0.2) is 42.0 Å². The predicted molar refractivity (Wildman–Crippen MR) is 124 cm³/mol. The molecule has 1 aliphatic carbocycles. The Bertz CT molecular complexity index is 1040. The van der Waals surface area contributed by atoms with Crippen molar-refractivity contribution in [2.45, 2.75) is 59.9 Å². The molecule has 6 nitrogen and oxygen atoms in total. The van der Waals surface area contributed by atoms with E-state index in [1.165, 1.54) is 12.5 Å². The first-order chi connectivity index (χ1) is 15.2. The SMILES string of the molecule is C/C=C1/C(N)CC(C)CC1Cc1nc(OC(=O)Oc2ccc(C(C)=O)cc2C)ccc1C. The summed E-state index contributed by atoms with van der Waals surface area (Å²) in [7, 11) is 0. The molecular formula is C26H32N2O4. The molecule has 2 N–H and O–H groups in total. The third-order valence-corrected chi connectivity index (χ3v) is 6.15. The van der Waals surface area contributed by atoms with Crippen molar-refractivity contribution >= 4 is 11.9 Å². The van der Waals surface area contributed by atoms with Crippen LogP contribution in [0.1, 0.15) is 60.8 Å². The van der Waals surface area contributed by atoms with E-state index in [0.717, 1.165) is 30.5 Å². The molecule has 3 atom stereocenters. The topological polar surface area (TPSA) is 91.5 Å². The number of ketones is 1. The molecule has 0 spiro atoms. The summed E-state index contributed by atoms with van der Waals surface area (Å²) in [5.41, 5.74) is 10.8. The molecule has 2 aromatic rings. The van der Waals surface area contributed by atoms with Gasteiger partial charge < -0.3 is 15.2 Å². The summed E-state index contributed by atoms with van der Waals surface area (Å²) in [6, 6.07) is 8.54. The quantitative estimate of drug-likeness (QED) is 0.294. The van der Waals surface area contributed by atoms with E-state index < -0.39 is 6.16 Å². The largest absolute Gasteiger partial charge is 0.520 e. The third-order valence-electron chi connectivity index (χ3n) is 6.15. The summed E-state index contributed by atoms with van der Waals surface area (Å²) >= 11 is 0. The summed E-state index contributed by atoms with van der Waals surface area (Å²) in [5, 5.41) is 0. The number of aryl methyl sites for hydroxylation is 2. The molecule has 32 heavy (non-hydrogen) atoms. The van der Waals surface area contributed by atoms with Gasteiger partial charge in [-0.15, -0.1) is 0 Å². The van der Waals surface area contributed by atoms with E-state index in [2.05, 4.69) is 18.0 Å². The highest BCUT2D eigenvalue weighted by atomic mass is 16.7. The minimum atomic E-state index is -0.867. The Morgan fingerprint density at radius 1 is 1.12 bits per heavy atom. The number of pyridine rings is 1. The molecule has 1 aromatic carbocycles. The monoisotopic (exact) mass is 436 g/mol. The molecule has 3 rings (SSSR count). The molecule has 0 amide bonds. The van der Waals surface area contributed by atoms with Crippen LogP contribution < -0.4 is 15.2 Å². The van der Waals surface area contributed by atoms with Crippen LogP contribution in [-0.4, -0.2) is 23.0 Å². The lowest BCUT2D eigenvalue weighted by atomic mass is 9.73. The second-order valence-electron chi connectivity index (χ2n) is 8.78. The number of rotatable bonds is 5. The standard InChI is InChI=1S/C26H32N2O4/c1-6-21-20(11-15(2)12-22(21)27)14-23-16(3)7-10-25(28-23)32-26(30)31-24-9-8-19(18(5)29)13-17(24)4/h6-10,13,15,20,22H,11-12,14,27H2,1-5H3/b21-6+. The number of aromatic nitrogens is 1. The first-order valence-corrected chi connectivity index (χ1v) is 11.1. The molecule has 1 heterocycles. The van der Waals surface area contributed by atoms with Crippen LogP contribution in [0.2, 0.25) is 0 Å². The van der Waals surface area contributed by atoms with Crippen LogP contribution in [-0.2, 0) is 6.42 Å². The van der Waals surface area contributed by atoms with Crippen molar-refractivity contribution in [2.24, 2.45) is 17.6 Å². The van der Waals surface area contributed by atoms with Crippen LogP contribution >= 0.6 is 0 Å². The number of carbonyl (C=O) groups excluding carboxylic acids is 2. The van der Waals surface area contributed by atoms with Crippen molar-refractivity contribution in [1.29, 1.82) is 0 Å². The second-order valence-corrected chi connectivity index (χ2v) is 8.78. The smallest absolute Gasteiger partial charge is 0.394 e. The second kappa shape index (κ2) is 10.1. The Balaban J connectivity index is 1.71. The number of hydrogen-bond acceptors (Lipinski definition) is 6. The first kappa shape index (κ1) is 23.7. The minimum Gasteiger partial charge on any atom is -0.394 e. The van der Waals surface area contributed by atoms with Crippen molar-refractivity contribution in [3.8, 4) is 11.6 Å². The molecule has 1 aromatic heterocycles. The molecule has 0 bridgehead atoms. The maximum Gasteiger partial charge on any atom is 0.520 e. The molecule has 170 valence electrons. The van der Waals surface area contributed by atoms with E-state index in [1.807, 2.05) is 19.9 Å². The average Bonchev–Trinajstić information content (AvgIpc) is 2.71. The summed E-state index contributed by atoms with van der Waals surface area (Å²) in [4.78, 5) is 28.4. The minimum absolute atomic E-state index is 0.0481. The summed E-state index contributed by atoms with van der Waals surface area (Å²) in [6.45, 7) is 9.54. The lowest BCUT2D eigenvalue weighted by Gasteiger charge is -2.34. The fourth-order valence-electron chi connectivity index (χ4n) is 4.47. The summed E-state index contributed by atoms with van der Waals surface area (Å²) in [6.07, 6.45) is 4.09. The van der Waals surface area contributed by atoms with Crippen molar-refractivity contribution < 1.29 is 19.1 Å². The van der Waals surface area contributed by atoms with Gasteiger partial charge in [-0.1, -0.05) is 24.6 Å². The van der Waals surface area contributed by atoms with E-state index in [4.69, 9.17) is 15.2 Å². The maximum atomic E-state index is 12.3. The zero-order valence-electron chi connectivity index (χ0n) is 19.5. The normalized spacial score (nSPS) is 21.9. The Labute approximate surface area is 189 Å². The van der Waals surface area contributed by atoms with Crippen molar-refractivity contribution in [1.82, 2.24) is 4.98 Å². The van der Waals surface area contributed by atoms with Crippen LogP contribution in [0.5, 0.6) is 11.6 Å². The van der Waals surface area contributed by atoms with E-state index in [1.54, 1.807) is 31.2 Å². The van der Waals surface area contributed by atoms with Gasteiger partial charge in [0.2, 0.25) is 5.88 Å². The molecule has 1 aliphatic rings. The van der Waals surface area contributed by atoms with E-state index >= 15 is 0 Å². The molecule has 0 radical (unpaired) electrons. The van der Waals surface area contributed by atoms with Gasteiger partial charge in [-0.25, -0.2) is 9.78 Å². The summed E-state index contributed by atoms with van der Waals surface area (Å²) < 4.78 is 10.7. The van der Waals surface area contributed by atoms with Gasteiger partial charge in [0.05, 0.1) is 0 Å². The molecule has 1 fully saturated rings. The molecule has 6 heteroatoms. The lowest BCUT2D eigenvalue weighted by molar-refractivity contribution is 0.101. The van der Waals surface area contributed by atoms with E-state index in [0.29, 0.717) is 28.7 Å². The number of Topliss-reactive ketones (excluding diaryl/α,β-unsaturated/α-hetero) is 1. The number of nitrogens with two attached hydrogens (primary N) is 1. The number of benzene rings is 1. The highest BCUT2D eigenvalue weighted by Crippen LogP contribution is 2.35. The number of ether oxygens (including phenoxy) is 2. The van der Waals surface area contributed by atoms with E-state index in [-0.39, 0.29) is 17.7 Å². The Hall–Kier alpha value is -2.99. The lowest BCUT2D eigenvalue weighted by Crippen LogP contribution is -2.35. The number of nitrogens with zero attached hydrogens (tertiary/aromatic N) is 1. The fraction of sp³-hybridized carbons (Fsp3) is 0.423. The maximum absolute atomic E-state index is 12.3. The molecular weight excluding hydrogens is 404 g/mol. The zero-order valence-corrected chi connectivity index (χ0v) is 19.5. The van der Waals surface area contributed by atoms with Gasteiger partial charge in [0.25, 0.3) is 0 Å².